The summed E-state index contributed by atoms with van der Waals surface area (Å²) in [4.78, 5) is 10.9. The van der Waals surface area contributed by atoms with Crippen molar-refractivity contribution in [3.8, 4) is 6.07 Å². The fourth-order valence-electron chi connectivity index (χ4n) is 5.36. The lowest BCUT2D eigenvalue weighted by atomic mass is 9.83. The number of hydrogen-bond donors (Lipinski definition) is 1. The third kappa shape index (κ3) is 4.53. The lowest BCUT2D eigenvalue weighted by Gasteiger charge is -2.20. The molecule has 5 rings (SSSR count). The van der Waals surface area contributed by atoms with E-state index in [1.165, 1.54) is 22.8 Å². The van der Waals surface area contributed by atoms with Gasteiger partial charge in [-0.15, -0.1) is 0 Å². The van der Waals surface area contributed by atoms with Crippen LogP contribution in [0.3, 0.4) is 0 Å². The molecule has 1 N–H and O–H groups in total. The summed E-state index contributed by atoms with van der Waals surface area (Å²) in [5, 5.41) is 18.8. The van der Waals surface area contributed by atoms with E-state index in [0.29, 0.717) is 23.8 Å². The van der Waals surface area contributed by atoms with Crippen LogP contribution in [0.25, 0.3) is 23.3 Å². The molecule has 4 heteroatoms. The Balaban J connectivity index is 1.75. The number of hydrogen-bond acceptors (Lipinski definition) is 2. The van der Waals surface area contributed by atoms with E-state index < -0.39 is 11.8 Å². The van der Waals surface area contributed by atoms with E-state index >= 15 is 0 Å². The van der Waals surface area contributed by atoms with Crippen molar-refractivity contribution >= 4 is 29.3 Å². The molecule has 36 heavy (non-hydrogen) atoms. The molecule has 0 aromatic heterocycles. The van der Waals surface area contributed by atoms with Crippen LogP contribution in [0.1, 0.15) is 53.1 Å². The normalized spacial score (nSPS) is 18.9. The van der Waals surface area contributed by atoms with Gasteiger partial charge in [-0.1, -0.05) is 73.7 Å². The molecule has 2 aliphatic carbocycles. The highest BCUT2D eigenvalue weighted by Crippen LogP contribution is 2.54. The minimum atomic E-state index is -0.995. The number of rotatable bonds is 6. The maximum atomic E-state index is 14.7. The average Bonchev–Trinajstić information content (AvgIpc) is 3.66. The summed E-state index contributed by atoms with van der Waals surface area (Å²) in [7, 11) is 0. The Morgan fingerprint density at radius 3 is 2.61 bits per heavy atom. The number of allylic oxidation sites excluding steroid dienone is 3. The molecule has 0 radical (unpaired) electrons. The van der Waals surface area contributed by atoms with E-state index in [1.807, 2.05) is 37.3 Å². The van der Waals surface area contributed by atoms with Crippen molar-refractivity contribution in [3.05, 3.63) is 118 Å². The van der Waals surface area contributed by atoms with Crippen LogP contribution < -0.4 is 0 Å². The lowest BCUT2D eigenvalue weighted by Crippen LogP contribution is -2.02. The number of aliphatic carboxylic acids is 1. The van der Waals surface area contributed by atoms with Crippen molar-refractivity contribution in [1.29, 1.82) is 5.26 Å². The molecule has 1 saturated carbocycles. The van der Waals surface area contributed by atoms with Crippen LogP contribution in [0.5, 0.6) is 0 Å². The van der Waals surface area contributed by atoms with Gasteiger partial charge < -0.3 is 5.11 Å². The van der Waals surface area contributed by atoms with E-state index in [-0.39, 0.29) is 5.56 Å². The summed E-state index contributed by atoms with van der Waals surface area (Å²) >= 11 is 0. The Hall–Kier alpha value is -4.23. The zero-order chi connectivity index (χ0) is 25.2. The van der Waals surface area contributed by atoms with Gasteiger partial charge in [0.25, 0.3) is 0 Å². The summed E-state index contributed by atoms with van der Waals surface area (Å²) in [6, 6.07) is 23.2. The van der Waals surface area contributed by atoms with E-state index in [2.05, 4.69) is 36.4 Å². The number of carbonyl (C=O) groups is 1. The van der Waals surface area contributed by atoms with Gasteiger partial charge in [0.05, 0.1) is 5.56 Å². The van der Waals surface area contributed by atoms with Crippen LogP contribution in [0.4, 0.5) is 4.39 Å². The highest BCUT2D eigenvalue weighted by atomic mass is 19.1. The quantitative estimate of drug-likeness (QED) is 0.299. The first kappa shape index (κ1) is 23.5. The SMILES string of the molecule is CC/C(=C(\C1=Cc2ccccc2C[C@H]2CC12)c1ccc(/C=C/C(=O)O)cc1)c1cccc(F)c1C#N. The molecule has 3 aromatic carbocycles. The van der Waals surface area contributed by atoms with Gasteiger partial charge in [0.2, 0.25) is 0 Å². The third-order valence-electron chi connectivity index (χ3n) is 7.18. The predicted octanol–water partition coefficient (Wildman–Crippen LogP) is 7.39. The summed E-state index contributed by atoms with van der Waals surface area (Å²) in [5.74, 6) is -0.544. The highest BCUT2D eigenvalue weighted by molar-refractivity contribution is 6.02. The molecule has 3 nitrogen and oxygen atoms in total. The number of fused-ring (bicyclic) bond motifs is 2. The van der Waals surface area contributed by atoms with Gasteiger partial charge in [0.1, 0.15) is 11.9 Å². The molecule has 0 bridgehead atoms. The Morgan fingerprint density at radius 2 is 1.89 bits per heavy atom. The van der Waals surface area contributed by atoms with Crippen molar-refractivity contribution in [1.82, 2.24) is 0 Å². The summed E-state index contributed by atoms with van der Waals surface area (Å²) in [5.41, 5.74) is 8.20. The third-order valence-corrected chi connectivity index (χ3v) is 7.18. The van der Waals surface area contributed by atoms with E-state index in [9.17, 15) is 14.4 Å². The van der Waals surface area contributed by atoms with Crippen LogP contribution in [-0.4, -0.2) is 11.1 Å². The molecule has 2 atom stereocenters. The molecule has 1 unspecified atom stereocenters. The van der Waals surface area contributed by atoms with Crippen LogP contribution in [0.15, 0.2) is 78.4 Å². The molecular formula is C32H26FNO2. The molecule has 178 valence electrons. The van der Waals surface area contributed by atoms with Crippen LogP contribution >= 0.6 is 0 Å². The minimum absolute atomic E-state index is 0.0647. The zero-order valence-corrected chi connectivity index (χ0v) is 20.0. The van der Waals surface area contributed by atoms with E-state index in [4.69, 9.17) is 5.11 Å². The summed E-state index contributed by atoms with van der Waals surface area (Å²) < 4.78 is 14.7. The molecule has 3 aromatic rings. The van der Waals surface area contributed by atoms with Gasteiger partial charge in [-0.3, -0.25) is 0 Å². The highest BCUT2D eigenvalue weighted by Gasteiger charge is 2.43. The maximum absolute atomic E-state index is 14.7. The molecule has 0 spiro atoms. The molecule has 0 amide bonds. The van der Waals surface area contributed by atoms with Gasteiger partial charge >= 0.3 is 5.97 Å². The summed E-state index contributed by atoms with van der Waals surface area (Å²) in [6.07, 6.45) is 7.74. The maximum Gasteiger partial charge on any atom is 0.328 e. The number of carboxylic acids is 1. The van der Waals surface area contributed by atoms with Crippen molar-refractivity contribution < 1.29 is 14.3 Å². The largest absolute Gasteiger partial charge is 0.478 e. The molecule has 2 aliphatic rings. The first-order chi connectivity index (χ1) is 17.5. The monoisotopic (exact) mass is 475 g/mol. The van der Waals surface area contributed by atoms with Crippen LogP contribution in [0.2, 0.25) is 0 Å². The topological polar surface area (TPSA) is 61.1 Å². The van der Waals surface area contributed by atoms with Gasteiger partial charge in [-0.05, 0) is 87.8 Å². The first-order valence-corrected chi connectivity index (χ1v) is 12.2. The van der Waals surface area contributed by atoms with Crippen molar-refractivity contribution in [3.63, 3.8) is 0 Å². The number of nitrogens with zero attached hydrogens (tertiary/aromatic N) is 1. The molecular weight excluding hydrogens is 449 g/mol. The number of carboxylic acid groups (broad SMARTS) is 1. The van der Waals surface area contributed by atoms with Gasteiger partial charge in [0.15, 0.2) is 0 Å². The van der Waals surface area contributed by atoms with Gasteiger partial charge in [0, 0.05) is 6.08 Å². The van der Waals surface area contributed by atoms with Crippen molar-refractivity contribution in [2.75, 3.05) is 0 Å². The second kappa shape index (κ2) is 9.79. The zero-order valence-electron chi connectivity index (χ0n) is 20.0. The Bertz CT molecular complexity index is 1470. The lowest BCUT2D eigenvalue weighted by molar-refractivity contribution is -0.131. The van der Waals surface area contributed by atoms with Crippen LogP contribution in [-0.2, 0) is 11.2 Å². The number of nitriles is 1. The molecule has 0 saturated heterocycles. The standard InChI is InChI=1S/C32H26FNO2/c1-2-25(26-8-5-9-30(33)29(26)19-34)32(21-13-10-20(11-14-21)12-15-31(35)36)28-17-23-7-4-3-6-22(23)16-24-18-27(24)28/h3-15,17,24,27H,2,16,18H2,1H3,(H,35,36)/b15-12+,32-25+/t24-,27?/m0/s1. The second-order valence-electron chi connectivity index (χ2n) is 9.38. The smallest absolute Gasteiger partial charge is 0.328 e. The van der Waals surface area contributed by atoms with Gasteiger partial charge in [-0.2, -0.15) is 5.26 Å². The van der Waals surface area contributed by atoms with Crippen LogP contribution in [0, 0.1) is 29.0 Å². The number of benzene rings is 3. The fraction of sp³-hybridized carbons (Fsp3) is 0.188. The molecule has 1 fully saturated rings. The summed E-state index contributed by atoms with van der Waals surface area (Å²) in [6.45, 7) is 2.04. The van der Waals surface area contributed by atoms with Gasteiger partial charge in [-0.25, -0.2) is 9.18 Å². The number of halogens is 1. The fourth-order valence-corrected chi connectivity index (χ4v) is 5.36. The minimum Gasteiger partial charge on any atom is -0.478 e. The first-order valence-electron chi connectivity index (χ1n) is 12.2. The Labute approximate surface area is 210 Å². The molecule has 0 heterocycles. The predicted molar refractivity (Wildman–Crippen MR) is 141 cm³/mol. The average molecular weight is 476 g/mol. The van der Waals surface area contributed by atoms with Crippen molar-refractivity contribution in [2.45, 2.75) is 26.2 Å². The Kier molecular flexibility index (Phi) is 6.40. The Morgan fingerprint density at radius 1 is 1.11 bits per heavy atom. The molecule has 0 aliphatic heterocycles. The van der Waals surface area contributed by atoms with E-state index in [0.717, 1.165) is 41.2 Å². The van der Waals surface area contributed by atoms with Crippen molar-refractivity contribution in [2.24, 2.45) is 11.8 Å². The second-order valence-corrected chi connectivity index (χ2v) is 9.38. The van der Waals surface area contributed by atoms with E-state index in [1.54, 1.807) is 12.1 Å².